The molecule has 0 aliphatic rings. The number of anilines is 1. The van der Waals surface area contributed by atoms with Crippen LogP contribution < -0.4 is 10.1 Å². The number of hydrogen-bond acceptors (Lipinski definition) is 3. The van der Waals surface area contributed by atoms with Crippen LogP contribution in [0.15, 0.2) is 53.9 Å². The van der Waals surface area contributed by atoms with Gasteiger partial charge in [0.15, 0.2) is 0 Å². The summed E-state index contributed by atoms with van der Waals surface area (Å²) in [4.78, 5) is 0. The molecule has 1 aromatic heterocycles. The second kappa shape index (κ2) is 5.33. The average molecular weight is 269 g/mol. The van der Waals surface area contributed by atoms with Crippen molar-refractivity contribution in [3.05, 3.63) is 59.5 Å². The predicted molar refractivity (Wildman–Crippen MR) is 82.1 cm³/mol. The fourth-order valence-electron chi connectivity index (χ4n) is 2.02. The van der Waals surface area contributed by atoms with E-state index in [-0.39, 0.29) is 0 Å². The van der Waals surface area contributed by atoms with Crippen LogP contribution in [0, 0.1) is 0 Å². The molecule has 0 spiro atoms. The van der Waals surface area contributed by atoms with E-state index in [9.17, 15) is 0 Å². The van der Waals surface area contributed by atoms with E-state index in [4.69, 9.17) is 4.74 Å². The minimum atomic E-state index is 0.819. The lowest BCUT2D eigenvalue weighted by atomic mass is 10.2. The summed E-state index contributed by atoms with van der Waals surface area (Å²) in [6.45, 7) is 0.819. The molecule has 2 aromatic carbocycles. The van der Waals surface area contributed by atoms with Gasteiger partial charge in [0.2, 0.25) is 0 Å². The lowest BCUT2D eigenvalue weighted by molar-refractivity contribution is 0.414. The van der Waals surface area contributed by atoms with E-state index in [2.05, 4.69) is 47.1 Å². The molecule has 0 bridgehead atoms. The van der Waals surface area contributed by atoms with Crippen molar-refractivity contribution in [2.24, 2.45) is 0 Å². The van der Waals surface area contributed by atoms with Crippen molar-refractivity contribution in [3.63, 3.8) is 0 Å². The van der Waals surface area contributed by atoms with Crippen molar-refractivity contribution in [1.82, 2.24) is 0 Å². The van der Waals surface area contributed by atoms with E-state index in [1.165, 1.54) is 15.6 Å². The zero-order valence-corrected chi connectivity index (χ0v) is 11.5. The Kier molecular flexibility index (Phi) is 3.38. The van der Waals surface area contributed by atoms with Crippen LogP contribution in [0.25, 0.3) is 10.1 Å². The molecule has 0 radical (unpaired) electrons. The minimum absolute atomic E-state index is 0.819. The first kappa shape index (κ1) is 12.1. The number of thiophene rings is 1. The van der Waals surface area contributed by atoms with Gasteiger partial charge in [0.25, 0.3) is 0 Å². The minimum Gasteiger partial charge on any atom is -0.497 e. The van der Waals surface area contributed by atoms with Gasteiger partial charge in [-0.25, -0.2) is 0 Å². The van der Waals surface area contributed by atoms with Crippen LogP contribution in [-0.4, -0.2) is 7.11 Å². The first-order valence-electron chi connectivity index (χ1n) is 6.19. The second-order valence-corrected chi connectivity index (χ2v) is 5.32. The number of fused-ring (bicyclic) bond motifs is 1. The Morgan fingerprint density at radius 3 is 2.68 bits per heavy atom. The molecule has 0 saturated heterocycles. The van der Waals surface area contributed by atoms with Crippen molar-refractivity contribution < 1.29 is 4.74 Å². The molecule has 19 heavy (non-hydrogen) atoms. The van der Waals surface area contributed by atoms with Gasteiger partial charge in [-0.1, -0.05) is 12.1 Å². The molecule has 0 aliphatic heterocycles. The number of ether oxygens (including phenoxy) is 1. The number of hydrogen-bond donors (Lipinski definition) is 1. The maximum atomic E-state index is 5.15. The lowest BCUT2D eigenvalue weighted by Gasteiger charge is -2.07. The Morgan fingerprint density at radius 2 is 1.89 bits per heavy atom. The summed E-state index contributed by atoms with van der Waals surface area (Å²) in [5.74, 6) is 0.892. The van der Waals surface area contributed by atoms with Gasteiger partial charge in [0.1, 0.15) is 5.75 Å². The van der Waals surface area contributed by atoms with Crippen LogP contribution >= 0.6 is 11.3 Å². The molecule has 0 atom stereocenters. The van der Waals surface area contributed by atoms with Gasteiger partial charge in [-0.15, -0.1) is 11.3 Å². The first-order valence-corrected chi connectivity index (χ1v) is 7.07. The summed E-state index contributed by atoms with van der Waals surface area (Å²) in [5.41, 5.74) is 2.40. The van der Waals surface area contributed by atoms with E-state index in [0.717, 1.165) is 18.0 Å². The molecule has 2 nitrogen and oxygen atoms in total. The average Bonchev–Trinajstić information content (AvgIpc) is 2.93. The summed E-state index contributed by atoms with van der Waals surface area (Å²) >= 11 is 1.77. The third-order valence-corrected chi connectivity index (χ3v) is 4.01. The van der Waals surface area contributed by atoms with Crippen molar-refractivity contribution >= 4 is 27.1 Å². The number of methoxy groups -OCH3 is 1. The fraction of sp³-hybridized carbons (Fsp3) is 0.125. The zero-order chi connectivity index (χ0) is 13.1. The summed E-state index contributed by atoms with van der Waals surface area (Å²) in [6, 6.07) is 16.8. The maximum absolute atomic E-state index is 5.15. The third-order valence-electron chi connectivity index (χ3n) is 3.11. The topological polar surface area (TPSA) is 21.3 Å². The van der Waals surface area contributed by atoms with E-state index < -0.39 is 0 Å². The quantitative estimate of drug-likeness (QED) is 0.751. The van der Waals surface area contributed by atoms with Gasteiger partial charge in [-0.3, -0.25) is 0 Å². The Labute approximate surface area is 116 Å². The monoisotopic (exact) mass is 269 g/mol. The lowest BCUT2D eigenvalue weighted by Crippen LogP contribution is -1.98. The molecule has 0 aliphatic carbocycles. The Hall–Kier alpha value is -2.00. The molecule has 0 amide bonds. The highest BCUT2D eigenvalue weighted by molar-refractivity contribution is 7.17. The van der Waals surface area contributed by atoms with Gasteiger partial charge >= 0.3 is 0 Å². The highest BCUT2D eigenvalue weighted by atomic mass is 32.1. The summed E-state index contributed by atoms with van der Waals surface area (Å²) in [5, 5.41) is 6.86. The molecule has 0 saturated carbocycles. The van der Waals surface area contributed by atoms with Crippen molar-refractivity contribution in [2.75, 3.05) is 12.4 Å². The SMILES string of the molecule is COc1ccc(CNc2ccc3sccc3c2)cc1. The molecule has 3 heteroatoms. The Bertz CT molecular complexity index is 673. The molecule has 0 unspecified atom stereocenters. The molecular weight excluding hydrogens is 254 g/mol. The van der Waals surface area contributed by atoms with E-state index in [1.807, 2.05) is 12.1 Å². The van der Waals surface area contributed by atoms with Crippen molar-refractivity contribution in [1.29, 1.82) is 0 Å². The van der Waals surface area contributed by atoms with Gasteiger partial charge in [-0.05, 0) is 52.7 Å². The highest BCUT2D eigenvalue weighted by Gasteiger charge is 1.98. The first-order chi connectivity index (χ1) is 9.35. The van der Waals surface area contributed by atoms with E-state index in [0.29, 0.717) is 0 Å². The van der Waals surface area contributed by atoms with Gasteiger partial charge in [0, 0.05) is 16.9 Å². The maximum Gasteiger partial charge on any atom is 0.118 e. The van der Waals surface area contributed by atoms with Crippen molar-refractivity contribution in [3.8, 4) is 5.75 Å². The van der Waals surface area contributed by atoms with Gasteiger partial charge < -0.3 is 10.1 Å². The second-order valence-electron chi connectivity index (χ2n) is 4.37. The Balaban J connectivity index is 1.70. The largest absolute Gasteiger partial charge is 0.497 e. The predicted octanol–water partition coefficient (Wildman–Crippen LogP) is 4.52. The van der Waals surface area contributed by atoms with Crippen LogP contribution in [0.3, 0.4) is 0 Å². The molecular formula is C16H15NOS. The number of benzene rings is 2. The highest BCUT2D eigenvalue weighted by Crippen LogP contribution is 2.24. The van der Waals surface area contributed by atoms with Crippen LogP contribution in [0.5, 0.6) is 5.75 Å². The molecule has 0 fully saturated rings. The zero-order valence-electron chi connectivity index (χ0n) is 10.7. The van der Waals surface area contributed by atoms with E-state index in [1.54, 1.807) is 18.4 Å². The Morgan fingerprint density at radius 1 is 1.05 bits per heavy atom. The number of rotatable bonds is 4. The van der Waals surface area contributed by atoms with Crippen LogP contribution in [0.1, 0.15) is 5.56 Å². The molecule has 3 aromatic rings. The van der Waals surface area contributed by atoms with Crippen LogP contribution in [0.2, 0.25) is 0 Å². The van der Waals surface area contributed by atoms with Crippen molar-refractivity contribution in [2.45, 2.75) is 6.54 Å². The molecule has 96 valence electrons. The van der Waals surface area contributed by atoms with Gasteiger partial charge in [0.05, 0.1) is 7.11 Å². The summed E-state index contributed by atoms with van der Waals surface area (Å²) in [7, 11) is 1.68. The molecule has 1 heterocycles. The van der Waals surface area contributed by atoms with Crippen LogP contribution in [-0.2, 0) is 6.54 Å². The molecule has 1 N–H and O–H groups in total. The smallest absolute Gasteiger partial charge is 0.118 e. The summed E-state index contributed by atoms with van der Waals surface area (Å²) in [6.07, 6.45) is 0. The third kappa shape index (κ3) is 2.71. The van der Waals surface area contributed by atoms with E-state index >= 15 is 0 Å². The van der Waals surface area contributed by atoms with Gasteiger partial charge in [-0.2, -0.15) is 0 Å². The molecule has 3 rings (SSSR count). The standard InChI is InChI=1S/C16H15NOS/c1-18-15-5-2-12(3-6-15)11-17-14-4-7-16-13(10-14)8-9-19-16/h2-10,17H,11H2,1H3. The number of nitrogens with one attached hydrogen (secondary N) is 1. The summed E-state index contributed by atoms with van der Waals surface area (Å²) < 4.78 is 6.48. The normalized spacial score (nSPS) is 10.6. The van der Waals surface area contributed by atoms with Crippen LogP contribution in [0.4, 0.5) is 5.69 Å². The fourth-order valence-corrected chi connectivity index (χ4v) is 2.80.